The Morgan fingerprint density at radius 1 is 1.14 bits per heavy atom. The highest BCUT2D eigenvalue weighted by atomic mass is 16.5. The summed E-state index contributed by atoms with van der Waals surface area (Å²) in [4.78, 5) is 25.6. The number of hydrogen-bond acceptors (Lipinski definition) is 8. The summed E-state index contributed by atoms with van der Waals surface area (Å²) in [5, 5.41) is 0. The van der Waals surface area contributed by atoms with Crippen molar-refractivity contribution in [2.45, 2.75) is 32.1 Å². The van der Waals surface area contributed by atoms with Crippen LogP contribution in [0, 0.1) is 0 Å². The van der Waals surface area contributed by atoms with E-state index in [-0.39, 0.29) is 23.8 Å². The van der Waals surface area contributed by atoms with Gasteiger partial charge in [-0.1, -0.05) is 0 Å². The molecule has 0 spiro atoms. The van der Waals surface area contributed by atoms with Gasteiger partial charge in [-0.3, -0.25) is 4.79 Å². The van der Waals surface area contributed by atoms with Crippen LogP contribution in [0.25, 0.3) is 0 Å². The Bertz CT molecular complexity index is 875. The molecule has 8 nitrogen and oxygen atoms in total. The maximum atomic E-state index is 12.8. The second-order valence-corrected chi connectivity index (χ2v) is 6.61. The topological polar surface area (TPSA) is 106 Å². The van der Waals surface area contributed by atoms with E-state index in [1.165, 1.54) is 21.3 Å². The van der Waals surface area contributed by atoms with E-state index in [0.29, 0.717) is 53.4 Å². The molecule has 156 valence electrons. The Hall–Kier alpha value is -3.16. The Morgan fingerprint density at radius 2 is 1.79 bits per heavy atom. The average Bonchev–Trinajstić information content (AvgIpc) is 2.71. The van der Waals surface area contributed by atoms with E-state index in [4.69, 9.17) is 29.4 Å². The number of esters is 1. The maximum absolute atomic E-state index is 12.8. The normalized spacial score (nSPS) is 18.8. The van der Waals surface area contributed by atoms with Crippen LogP contribution in [0.2, 0.25) is 0 Å². The lowest BCUT2D eigenvalue weighted by atomic mass is 9.77. The number of carbonyl (C=O) groups excluding carboxylic acids is 2. The SMILES string of the molecule is CCOC(=O)C1=C(N)OC2=C(C(=O)CCC2)C1c1cc(OC)c(OC)c(OC)c1. The van der Waals surface area contributed by atoms with Crippen LogP contribution >= 0.6 is 0 Å². The van der Waals surface area contributed by atoms with E-state index in [2.05, 4.69) is 0 Å². The van der Waals surface area contributed by atoms with Crippen molar-refractivity contribution in [2.24, 2.45) is 5.73 Å². The molecular weight excluding hydrogens is 378 g/mol. The predicted octanol–water partition coefficient (Wildman–Crippen LogP) is 2.57. The van der Waals surface area contributed by atoms with Gasteiger partial charge in [0, 0.05) is 18.4 Å². The average molecular weight is 403 g/mol. The second-order valence-electron chi connectivity index (χ2n) is 6.61. The molecule has 3 rings (SSSR count). The highest BCUT2D eigenvalue weighted by molar-refractivity contribution is 6.03. The molecule has 1 aliphatic carbocycles. The number of ketones is 1. The summed E-state index contributed by atoms with van der Waals surface area (Å²) in [6.45, 7) is 1.86. The molecule has 2 aliphatic rings. The van der Waals surface area contributed by atoms with Crippen molar-refractivity contribution < 1.29 is 33.3 Å². The van der Waals surface area contributed by atoms with Crippen LogP contribution in [0.15, 0.2) is 34.9 Å². The van der Waals surface area contributed by atoms with E-state index in [1.54, 1.807) is 19.1 Å². The van der Waals surface area contributed by atoms with E-state index in [1.807, 2.05) is 0 Å². The fourth-order valence-electron chi connectivity index (χ4n) is 3.77. The molecule has 1 heterocycles. The molecular formula is C21H25NO7. The lowest BCUT2D eigenvalue weighted by Gasteiger charge is -2.32. The van der Waals surface area contributed by atoms with Gasteiger partial charge in [-0.05, 0) is 31.0 Å². The molecule has 1 aromatic rings. The number of methoxy groups -OCH3 is 3. The van der Waals surface area contributed by atoms with Crippen LogP contribution in [0.4, 0.5) is 0 Å². The molecule has 2 N–H and O–H groups in total. The monoisotopic (exact) mass is 403 g/mol. The summed E-state index contributed by atoms with van der Waals surface area (Å²) in [6, 6.07) is 3.41. The first-order valence-electron chi connectivity index (χ1n) is 9.37. The van der Waals surface area contributed by atoms with E-state index >= 15 is 0 Å². The summed E-state index contributed by atoms with van der Waals surface area (Å²) in [5.74, 6) is 0.180. The van der Waals surface area contributed by atoms with Crippen molar-refractivity contribution in [3.8, 4) is 17.2 Å². The summed E-state index contributed by atoms with van der Waals surface area (Å²) in [7, 11) is 4.50. The number of allylic oxidation sites excluding steroid dienone is 2. The van der Waals surface area contributed by atoms with E-state index in [9.17, 15) is 9.59 Å². The number of carbonyl (C=O) groups is 2. The number of Topliss-reactive ketones (excluding diaryl/α,β-unsaturated/α-hetero) is 1. The van der Waals surface area contributed by atoms with Crippen molar-refractivity contribution in [2.75, 3.05) is 27.9 Å². The van der Waals surface area contributed by atoms with Gasteiger partial charge in [0.15, 0.2) is 17.3 Å². The molecule has 1 atom stereocenters. The molecule has 8 heteroatoms. The molecule has 0 fully saturated rings. The van der Waals surface area contributed by atoms with Gasteiger partial charge in [0.2, 0.25) is 11.6 Å². The van der Waals surface area contributed by atoms with Gasteiger partial charge in [0.05, 0.1) is 33.9 Å². The molecule has 0 aromatic heterocycles. The Kier molecular flexibility index (Phi) is 6.00. The van der Waals surface area contributed by atoms with E-state index in [0.717, 1.165) is 0 Å². The van der Waals surface area contributed by atoms with Gasteiger partial charge in [0.1, 0.15) is 11.3 Å². The minimum absolute atomic E-state index is 0.0596. The quantitative estimate of drug-likeness (QED) is 0.723. The smallest absolute Gasteiger partial charge is 0.340 e. The van der Waals surface area contributed by atoms with Crippen LogP contribution in [0.3, 0.4) is 0 Å². The predicted molar refractivity (Wildman–Crippen MR) is 104 cm³/mol. The highest BCUT2D eigenvalue weighted by Gasteiger charge is 2.41. The molecule has 29 heavy (non-hydrogen) atoms. The van der Waals surface area contributed by atoms with E-state index < -0.39 is 11.9 Å². The fourth-order valence-corrected chi connectivity index (χ4v) is 3.77. The van der Waals surface area contributed by atoms with Crippen LogP contribution in [0.1, 0.15) is 37.7 Å². The number of rotatable bonds is 6. The fraction of sp³-hybridized carbons (Fsp3) is 0.429. The molecule has 0 radical (unpaired) electrons. The van der Waals surface area contributed by atoms with Gasteiger partial charge in [0.25, 0.3) is 0 Å². The van der Waals surface area contributed by atoms with Crippen LogP contribution in [-0.4, -0.2) is 39.7 Å². The van der Waals surface area contributed by atoms with Crippen LogP contribution < -0.4 is 19.9 Å². The first kappa shape index (κ1) is 20.6. The van der Waals surface area contributed by atoms with Crippen molar-refractivity contribution in [3.05, 3.63) is 40.5 Å². The number of hydrogen-bond donors (Lipinski definition) is 1. The summed E-state index contributed by atoms with van der Waals surface area (Å²) in [6.07, 6.45) is 1.61. The molecule has 1 unspecified atom stereocenters. The van der Waals surface area contributed by atoms with Crippen LogP contribution in [0.5, 0.6) is 17.2 Å². The molecule has 1 aliphatic heterocycles. The van der Waals surface area contributed by atoms with Crippen molar-refractivity contribution in [3.63, 3.8) is 0 Å². The summed E-state index contributed by atoms with van der Waals surface area (Å²) >= 11 is 0. The number of ether oxygens (including phenoxy) is 5. The molecule has 0 amide bonds. The zero-order valence-corrected chi connectivity index (χ0v) is 17.0. The third kappa shape index (κ3) is 3.62. The third-order valence-corrected chi connectivity index (χ3v) is 5.00. The van der Waals surface area contributed by atoms with Crippen molar-refractivity contribution >= 4 is 11.8 Å². The Morgan fingerprint density at radius 3 is 2.34 bits per heavy atom. The number of nitrogens with two attached hydrogens (primary N) is 1. The highest BCUT2D eigenvalue weighted by Crippen LogP contribution is 2.48. The maximum Gasteiger partial charge on any atom is 0.340 e. The van der Waals surface area contributed by atoms with Gasteiger partial charge < -0.3 is 29.4 Å². The van der Waals surface area contributed by atoms with Crippen molar-refractivity contribution in [1.82, 2.24) is 0 Å². The zero-order chi connectivity index (χ0) is 21.1. The lowest BCUT2D eigenvalue weighted by molar-refractivity contribution is -0.139. The Balaban J connectivity index is 2.25. The summed E-state index contributed by atoms with van der Waals surface area (Å²) in [5.41, 5.74) is 7.22. The second kappa shape index (κ2) is 8.46. The first-order valence-corrected chi connectivity index (χ1v) is 9.37. The molecule has 0 saturated heterocycles. The Labute approximate surface area is 169 Å². The van der Waals surface area contributed by atoms with Gasteiger partial charge in [-0.2, -0.15) is 0 Å². The molecule has 0 saturated carbocycles. The van der Waals surface area contributed by atoms with Crippen LogP contribution in [-0.2, 0) is 19.1 Å². The largest absolute Gasteiger partial charge is 0.493 e. The van der Waals surface area contributed by atoms with Gasteiger partial charge in [-0.25, -0.2) is 4.79 Å². The molecule has 0 bridgehead atoms. The molecule has 1 aromatic carbocycles. The standard InChI is InChI=1S/C21H25NO7/c1-5-28-21(24)18-16(17-12(23)7-6-8-13(17)29-20(18)22)11-9-14(25-2)19(27-4)15(10-11)26-3/h9-10,16H,5-8,22H2,1-4H3. The van der Waals surface area contributed by atoms with Gasteiger partial charge in [-0.15, -0.1) is 0 Å². The van der Waals surface area contributed by atoms with Gasteiger partial charge >= 0.3 is 5.97 Å². The summed E-state index contributed by atoms with van der Waals surface area (Å²) < 4.78 is 27.1. The minimum Gasteiger partial charge on any atom is -0.493 e. The lowest BCUT2D eigenvalue weighted by Crippen LogP contribution is -2.31. The minimum atomic E-state index is -0.751. The first-order chi connectivity index (χ1) is 14.0. The number of benzene rings is 1. The third-order valence-electron chi connectivity index (χ3n) is 5.00. The van der Waals surface area contributed by atoms with Crippen molar-refractivity contribution in [1.29, 1.82) is 0 Å². The zero-order valence-electron chi connectivity index (χ0n) is 17.0.